The van der Waals surface area contributed by atoms with Crippen LogP contribution in [0.3, 0.4) is 0 Å². The van der Waals surface area contributed by atoms with Crippen LogP contribution in [0.4, 0.5) is 0 Å². The van der Waals surface area contributed by atoms with Crippen molar-refractivity contribution in [1.82, 2.24) is 10.2 Å². The van der Waals surface area contributed by atoms with Gasteiger partial charge in [0.25, 0.3) is 0 Å². The molecule has 6 heteroatoms. The molecule has 1 aliphatic rings. The number of amides is 1. The molecule has 116 valence electrons. The van der Waals surface area contributed by atoms with Crippen LogP contribution < -0.4 is 5.32 Å². The zero-order valence-electron chi connectivity index (χ0n) is 12.3. The van der Waals surface area contributed by atoms with Gasteiger partial charge in [-0.05, 0) is 31.9 Å². The molecular formula is C15H22N2O4. The van der Waals surface area contributed by atoms with Gasteiger partial charge in [-0.25, -0.2) is 0 Å². The van der Waals surface area contributed by atoms with E-state index in [1.807, 2.05) is 12.1 Å². The molecule has 6 nitrogen and oxygen atoms in total. The van der Waals surface area contributed by atoms with Crippen molar-refractivity contribution in [1.29, 1.82) is 0 Å². The maximum Gasteiger partial charge on any atom is 0.309 e. The first kappa shape index (κ1) is 15.6. The normalized spacial score (nSPS) is 16.0. The molecule has 0 saturated carbocycles. The summed E-state index contributed by atoms with van der Waals surface area (Å²) in [7, 11) is 0. The van der Waals surface area contributed by atoms with Crippen LogP contribution in [0.2, 0.25) is 0 Å². The zero-order valence-corrected chi connectivity index (χ0v) is 12.3. The highest BCUT2D eigenvalue weighted by Gasteiger charge is 2.27. The number of carbonyl (C=O) groups is 2. The van der Waals surface area contributed by atoms with Crippen molar-refractivity contribution in [3.63, 3.8) is 0 Å². The molecule has 21 heavy (non-hydrogen) atoms. The van der Waals surface area contributed by atoms with Gasteiger partial charge < -0.3 is 19.4 Å². The summed E-state index contributed by atoms with van der Waals surface area (Å²) in [6.07, 6.45) is 2.98. The molecule has 2 heterocycles. The van der Waals surface area contributed by atoms with Crippen molar-refractivity contribution in [2.24, 2.45) is 5.92 Å². The highest BCUT2D eigenvalue weighted by molar-refractivity contribution is 5.79. The summed E-state index contributed by atoms with van der Waals surface area (Å²) in [5, 5.41) is 3.06. The number of nitrogens with one attached hydrogen (secondary N) is 1. The van der Waals surface area contributed by atoms with Gasteiger partial charge in [-0.3, -0.25) is 9.59 Å². The monoisotopic (exact) mass is 294 g/mol. The van der Waals surface area contributed by atoms with Gasteiger partial charge >= 0.3 is 5.97 Å². The minimum Gasteiger partial charge on any atom is -0.468 e. The highest BCUT2D eigenvalue weighted by Crippen LogP contribution is 2.18. The second-order valence-corrected chi connectivity index (χ2v) is 5.09. The first-order valence-electron chi connectivity index (χ1n) is 7.38. The first-order valence-corrected chi connectivity index (χ1v) is 7.38. The Hall–Kier alpha value is -1.82. The average molecular weight is 294 g/mol. The molecule has 1 aliphatic heterocycles. The summed E-state index contributed by atoms with van der Waals surface area (Å²) in [6, 6.07) is 3.68. The van der Waals surface area contributed by atoms with Crippen LogP contribution in [0.25, 0.3) is 0 Å². The standard InChI is InChI=1S/C15H22N2O4/c1-2-20-15(19)12-5-7-17(8-6-12)14(18)11-16-10-13-4-3-9-21-13/h3-4,9,12,16H,2,5-8,10-11H2,1H3. The van der Waals surface area contributed by atoms with Gasteiger partial charge in [-0.1, -0.05) is 0 Å². The summed E-state index contributed by atoms with van der Waals surface area (Å²) >= 11 is 0. The lowest BCUT2D eigenvalue weighted by molar-refractivity contribution is -0.151. The van der Waals surface area contributed by atoms with Crippen molar-refractivity contribution in [3.8, 4) is 0 Å². The van der Waals surface area contributed by atoms with Gasteiger partial charge in [0.05, 0.1) is 31.9 Å². The Morgan fingerprint density at radius 2 is 2.19 bits per heavy atom. The van der Waals surface area contributed by atoms with Gasteiger partial charge in [0.1, 0.15) is 5.76 Å². The average Bonchev–Trinajstić information content (AvgIpc) is 3.01. The van der Waals surface area contributed by atoms with Crippen LogP contribution in [0.1, 0.15) is 25.5 Å². The lowest BCUT2D eigenvalue weighted by atomic mass is 9.97. The summed E-state index contributed by atoms with van der Waals surface area (Å²) in [4.78, 5) is 25.5. The van der Waals surface area contributed by atoms with E-state index in [-0.39, 0.29) is 24.3 Å². The van der Waals surface area contributed by atoms with E-state index in [1.165, 1.54) is 0 Å². The minimum atomic E-state index is -0.138. The number of piperidine rings is 1. The molecule has 1 aromatic rings. The lowest BCUT2D eigenvalue weighted by Gasteiger charge is -2.31. The van der Waals surface area contributed by atoms with E-state index in [4.69, 9.17) is 9.15 Å². The summed E-state index contributed by atoms with van der Waals surface area (Å²) in [5.74, 6) is 0.665. The fourth-order valence-electron chi connectivity index (χ4n) is 2.44. The van der Waals surface area contributed by atoms with Crippen LogP contribution in [0, 0.1) is 5.92 Å². The third kappa shape index (κ3) is 4.60. The maximum atomic E-state index is 12.0. The number of ether oxygens (including phenoxy) is 1. The Kier molecular flexibility index (Phi) is 5.80. The number of rotatable bonds is 6. The highest BCUT2D eigenvalue weighted by atomic mass is 16.5. The Morgan fingerprint density at radius 3 is 2.81 bits per heavy atom. The maximum absolute atomic E-state index is 12.0. The van der Waals surface area contributed by atoms with Crippen molar-refractivity contribution in [3.05, 3.63) is 24.2 Å². The quantitative estimate of drug-likeness (QED) is 0.797. The fraction of sp³-hybridized carbons (Fsp3) is 0.600. The molecule has 1 saturated heterocycles. The van der Waals surface area contributed by atoms with Gasteiger partial charge in [0, 0.05) is 13.1 Å². The second kappa shape index (κ2) is 7.83. The van der Waals surface area contributed by atoms with Crippen molar-refractivity contribution >= 4 is 11.9 Å². The van der Waals surface area contributed by atoms with E-state index in [0.717, 1.165) is 5.76 Å². The Balaban J connectivity index is 1.67. The molecule has 0 radical (unpaired) electrons. The molecule has 0 spiro atoms. The van der Waals surface area contributed by atoms with Crippen molar-refractivity contribution in [2.45, 2.75) is 26.3 Å². The number of furan rings is 1. The van der Waals surface area contributed by atoms with Crippen LogP contribution in [0.15, 0.2) is 22.8 Å². The zero-order chi connectivity index (χ0) is 15.1. The summed E-state index contributed by atoms with van der Waals surface area (Å²) < 4.78 is 10.2. The molecule has 1 amide bonds. The molecule has 1 N–H and O–H groups in total. The number of carbonyl (C=O) groups excluding carboxylic acids is 2. The molecule has 0 atom stereocenters. The predicted octanol–water partition coefficient (Wildman–Crippen LogP) is 1.17. The molecule has 0 unspecified atom stereocenters. The molecule has 0 aliphatic carbocycles. The molecule has 1 aromatic heterocycles. The van der Waals surface area contributed by atoms with E-state index < -0.39 is 0 Å². The van der Waals surface area contributed by atoms with Gasteiger partial charge in [-0.15, -0.1) is 0 Å². The van der Waals surface area contributed by atoms with Gasteiger partial charge in [0.15, 0.2) is 0 Å². The third-order valence-corrected chi connectivity index (χ3v) is 3.62. The van der Waals surface area contributed by atoms with E-state index in [2.05, 4.69) is 5.32 Å². The molecule has 2 rings (SSSR count). The van der Waals surface area contributed by atoms with Gasteiger partial charge in [0.2, 0.25) is 5.91 Å². The largest absolute Gasteiger partial charge is 0.468 e. The van der Waals surface area contributed by atoms with E-state index >= 15 is 0 Å². The number of nitrogens with zero attached hydrogens (tertiary/aromatic N) is 1. The van der Waals surface area contributed by atoms with Crippen LogP contribution >= 0.6 is 0 Å². The molecular weight excluding hydrogens is 272 g/mol. The summed E-state index contributed by atoms with van der Waals surface area (Å²) in [5.41, 5.74) is 0. The molecule has 0 bridgehead atoms. The lowest BCUT2D eigenvalue weighted by Crippen LogP contribution is -2.44. The number of esters is 1. The van der Waals surface area contributed by atoms with Crippen molar-refractivity contribution in [2.75, 3.05) is 26.2 Å². The Labute approximate surface area is 124 Å². The Bertz CT molecular complexity index is 450. The van der Waals surface area contributed by atoms with E-state index in [9.17, 15) is 9.59 Å². The van der Waals surface area contributed by atoms with E-state index in [0.29, 0.717) is 39.1 Å². The number of hydrogen-bond acceptors (Lipinski definition) is 5. The first-order chi connectivity index (χ1) is 10.2. The molecule has 1 fully saturated rings. The van der Waals surface area contributed by atoms with Crippen molar-refractivity contribution < 1.29 is 18.7 Å². The van der Waals surface area contributed by atoms with Gasteiger partial charge in [-0.2, -0.15) is 0 Å². The second-order valence-electron chi connectivity index (χ2n) is 5.09. The van der Waals surface area contributed by atoms with Crippen LogP contribution in [0.5, 0.6) is 0 Å². The van der Waals surface area contributed by atoms with Crippen LogP contribution in [-0.4, -0.2) is 43.0 Å². The van der Waals surface area contributed by atoms with Crippen LogP contribution in [-0.2, 0) is 20.9 Å². The number of hydrogen-bond donors (Lipinski definition) is 1. The third-order valence-electron chi connectivity index (χ3n) is 3.62. The smallest absolute Gasteiger partial charge is 0.309 e. The Morgan fingerprint density at radius 1 is 1.43 bits per heavy atom. The SMILES string of the molecule is CCOC(=O)C1CCN(C(=O)CNCc2ccco2)CC1. The molecule has 0 aromatic carbocycles. The van der Waals surface area contributed by atoms with E-state index in [1.54, 1.807) is 18.1 Å². The fourth-order valence-corrected chi connectivity index (χ4v) is 2.44. The minimum absolute atomic E-state index is 0.0591. The predicted molar refractivity (Wildman–Crippen MR) is 76.4 cm³/mol. The number of likely N-dealkylation sites (tertiary alicyclic amines) is 1. The topological polar surface area (TPSA) is 71.8 Å². The summed E-state index contributed by atoms with van der Waals surface area (Å²) in [6.45, 7) is 4.27.